The van der Waals surface area contributed by atoms with Crippen LogP contribution < -0.4 is 40.0 Å². The van der Waals surface area contributed by atoms with Crippen molar-refractivity contribution in [1.29, 1.82) is 0 Å². The minimum atomic E-state index is -4.56. The van der Waals surface area contributed by atoms with Gasteiger partial charge in [0.1, 0.15) is 4.90 Å². The second-order valence-corrected chi connectivity index (χ2v) is 18.8. The molecule has 59 heavy (non-hydrogen) atoms. The van der Waals surface area contributed by atoms with Crippen molar-refractivity contribution in [2.45, 2.75) is 276 Å². The Kier molecular flexibility index (Phi) is 41.7. The molecule has 0 atom stereocenters. The van der Waals surface area contributed by atoms with Gasteiger partial charge in [-0.2, -0.15) is 8.42 Å². The van der Waals surface area contributed by atoms with E-state index in [0.717, 1.165) is 32.1 Å². The summed E-state index contributed by atoms with van der Waals surface area (Å²) in [6.45, 7) is 4.55. The van der Waals surface area contributed by atoms with Crippen molar-refractivity contribution < 1.29 is 52.4 Å². The van der Waals surface area contributed by atoms with Crippen LogP contribution in [0.15, 0.2) is 28.1 Å². The zero-order valence-electron chi connectivity index (χ0n) is 39.0. The van der Waals surface area contributed by atoms with Crippen LogP contribution >= 0.6 is 0 Å². The maximum atomic E-state index is 12.7. The fourth-order valence-corrected chi connectivity index (χ4v) is 8.67. The molecule has 1 amide bonds. The monoisotopic (exact) mass is 855 g/mol. The molecule has 0 aromatic heterocycles. The molecule has 7 nitrogen and oxygen atoms in total. The first-order chi connectivity index (χ1) is 28.3. The fourth-order valence-electron chi connectivity index (χ4n) is 8.04. The largest absolute Gasteiger partial charge is 1.00 e. The number of benzene rings is 1. The molecule has 1 aromatic carbocycles. The average molecular weight is 855 g/mol. The van der Waals surface area contributed by atoms with Crippen LogP contribution in [0.2, 0.25) is 0 Å². The number of hydrogen-bond acceptors (Lipinski definition) is 5. The van der Waals surface area contributed by atoms with Crippen LogP contribution in [-0.2, 0) is 14.9 Å². The summed E-state index contributed by atoms with van der Waals surface area (Å²) in [5.74, 6) is -0.577. The molecule has 0 bridgehead atoms. The summed E-state index contributed by atoms with van der Waals surface area (Å²) in [6.07, 6.45) is 49.6. The Morgan fingerprint density at radius 2 is 0.797 bits per heavy atom. The maximum absolute atomic E-state index is 12.7. The van der Waals surface area contributed by atoms with Gasteiger partial charge in [0.15, 0.2) is 0 Å². The quantitative estimate of drug-likeness (QED) is 0.0223. The summed E-state index contributed by atoms with van der Waals surface area (Å²) in [5, 5.41) is 15.2. The van der Waals surface area contributed by atoms with Crippen molar-refractivity contribution in [2.75, 3.05) is 5.32 Å². The Labute approximate surface area is 387 Å². The minimum absolute atomic E-state index is 0. The van der Waals surface area contributed by atoms with Gasteiger partial charge >= 0.3 is 29.6 Å². The van der Waals surface area contributed by atoms with E-state index in [1.807, 2.05) is 0 Å². The van der Waals surface area contributed by atoms with Crippen LogP contribution in [-0.4, -0.2) is 24.8 Å². The molecule has 0 saturated heterocycles. The molecule has 0 aliphatic rings. The number of hydrogen-bond donors (Lipinski definition) is 2. The molecule has 1 aromatic rings. The van der Waals surface area contributed by atoms with Gasteiger partial charge in [-0.3, -0.25) is 14.3 Å². The molecule has 0 aliphatic heterocycles. The molecule has 9 heteroatoms. The molecule has 0 heterocycles. The summed E-state index contributed by atoms with van der Waals surface area (Å²) >= 11 is 0. The van der Waals surface area contributed by atoms with Crippen LogP contribution in [0.3, 0.4) is 0 Å². The van der Waals surface area contributed by atoms with E-state index in [1.54, 1.807) is 0 Å². The topological polar surface area (TPSA) is 119 Å². The number of anilines is 1. The molecule has 0 unspecified atom stereocenters. The van der Waals surface area contributed by atoms with Gasteiger partial charge in [0.2, 0.25) is 5.91 Å². The Morgan fingerprint density at radius 3 is 1.10 bits per heavy atom. The van der Waals surface area contributed by atoms with Gasteiger partial charge in [-0.05, 0) is 43.4 Å². The van der Waals surface area contributed by atoms with Crippen molar-refractivity contribution in [1.82, 2.24) is 0 Å². The van der Waals surface area contributed by atoms with Crippen molar-refractivity contribution >= 4 is 33.3 Å². The summed E-state index contributed by atoms with van der Waals surface area (Å²) < 4.78 is 33.8. The predicted molar refractivity (Wildman–Crippen MR) is 248 cm³/mol. The molecule has 1 rings (SSSR count). The van der Waals surface area contributed by atoms with Crippen molar-refractivity contribution in [3.8, 4) is 0 Å². The van der Waals surface area contributed by atoms with Gasteiger partial charge in [-0.1, -0.05) is 245 Å². The predicted octanol–water partition coefficient (Wildman–Crippen LogP) is 12.9. The third kappa shape index (κ3) is 37.4. The third-order valence-corrected chi connectivity index (χ3v) is 12.7. The van der Waals surface area contributed by atoms with Gasteiger partial charge in [-0.25, -0.2) is 0 Å². The van der Waals surface area contributed by atoms with Crippen molar-refractivity contribution in [3.05, 3.63) is 18.2 Å². The maximum Gasteiger partial charge on any atom is 1.00 e. The van der Waals surface area contributed by atoms with Gasteiger partial charge < -0.3 is 10.4 Å². The molecular weight excluding hydrogens is 764 g/mol. The zero-order valence-corrected chi connectivity index (χ0v) is 41.8. The smallest absolute Gasteiger partial charge is 0.862 e. The van der Waals surface area contributed by atoms with Crippen LogP contribution in [0.4, 0.5) is 11.4 Å². The Balaban J connectivity index is 0.0000336. The number of aliphatic imine (C=N–C) groups is 1. The molecule has 0 radical (unpaired) electrons. The SMILES string of the molecule is CCCCCCCCCCCCCCCCCCCCCC(=O)Nc1cc(N=C([O-])CCCCCCCCCCCCCCCCCCCCC)ccc1S(=O)(=O)O.[Na+]. The van der Waals surface area contributed by atoms with E-state index in [0.29, 0.717) is 12.8 Å². The molecular formula is C50H91N2NaO5S. The summed E-state index contributed by atoms with van der Waals surface area (Å²) in [4.78, 5) is 16.5. The number of rotatable bonds is 43. The van der Waals surface area contributed by atoms with E-state index in [-0.39, 0.29) is 64.1 Å². The summed E-state index contributed by atoms with van der Waals surface area (Å²) in [6, 6.07) is 3.96. The fraction of sp³-hybridized carbons (Fsp3) is 0.840. The number of amides is 1. The Bertz CT molecular complexity index is 1240. The molecule has 338 valence electrons. The van der Waals surface area contributed by atoms with Gasteiger partial charge in [-0.15, -0.1) is 0 Å². The molecule has 0 spiro atoms. The van der Waals surface area contributed by atoms with Gasteiger partial charge in [0.25, 0.3) is 10.1 Å². The van der Waals surface area contributed by atoms with E-state index < -0.39 is 10.1 Å². The van der Waals surface area contributed by atoms with Gasteiger partial charge in [0.05, 0.1) is 11.4 Å². The number of nitrogens with zero attached hydrogens (tertiary/aromatic N) is 1. The Hall–Kier alpha value is -0.930. The zero-order chi connectivity index (χ0) is 42.2. The number of carbonyl (C=O) groups is 1. The van der Waals surface area contributed by atoms with Crippen LogP contribution in [0, 0.1) is 0 Å². The van der Waals surface area contributed by atoms with Gasteiger partial charge in [0, 0.05) is 6.42 Å². The molecule has 0 fully saturated rings. The summed E-state index contributed by atoms with van der Waals surface area (Å²) in [7, 11) is -4.56. The van der Waals surface area contributed by atoms with E-state index >= 15 is 0 Å². The normalized spacial score (nSPS) is 11.9. The van der Waals surface area contributed by atoms with Crippen LogP contribution in [0.1, 0.15) is 271 Å². The first-order valence-electron chi connectivity index (χ1n) is 24.9. The van der Waals surface area contributed by atoms with E-state index in [9.17, 15) is 22.9 Å². The third-order valence-electron chi connectivity index (χ3n) is 11.8. The van der Waals surface area contributed by atoms with E-state index in [2.05, 4.69) is 24.2 Å². The first kappa shape index (κ1) is 58.1. The second kappa shape index (κ2) is 42.4. The number of nitrogens with one attached hydrogen (secondary N) is 1. The summed E-state index contributed by atoms with van der Waals surface area (Å²) in [5.41, 5.74) is 0.233. The average Bonchev–Trinajstić information content (AvgIpc) is 3.19. The number of carbonyl (C=O) groups excluding carboxylic acids is 1. The minimum Gasteiger partial charge on any atom is -0.862 e. The molecule has 2 N–H and O–H groups in total. The van der Waals surface area contributed by atoms with E-state index in [4.69, 9.17) is 0 Å². The molecule has 0 aliphatic carbocycles. The van der Waals surface area contributed by atoms with Crippen molar-refractivity contribution in [3.63, 3.8) is 0 Å². The number of unbranched alkanes of at least 4 members (excludes halogenated alkanes) is 36. The molecule has 0 saturated carbocycles. The first-order valence-corrected chi connectivity index (χ1v) is 26.4. The Morgan fingerprint density at radius 1 is 0.508 bits per heavy atom. The van der Waals surface area contributed by atoms with Crippen molar-refractivity contribution in [2.24, 2.45) is 4.99 Å². The standard InChI is InChI=1S/C50H92N2O5S.Na/c1-3-5-7-9-11-13-15-17-19-21-23-25-27-29-31-33-35-37-39-41-49(53)51-46-43-44-48(58(55,56)57)47(45-46)52-50(54)42-40-38-36-34-32-30-28-26-24-22-20-18-16-14-12-10-8-6-4-2;/h43-45H,3-42H2,1-2H3,(H,51,53)(H,52,54)(H,55,56,57);/q;+1/p-1. The van der Waals surface area contributed by atoms with Crippen LogP contribution in [0.25, 0.3) is 0 Å². The van der Waals surface area contributed by atoms with Crippen LogP contribution in [0.5, 0.6) is 0 Å². The second-order valence-electron chi connectivity index (χ2n) is 17.4. The van der Waals surface area contributed by atoms with E-state index in [1.165, 1.54) is 224 Å².